The molecule has 0 fully saturated rings. The number of benzene rings is 2. The van der Waals surface area contributed by atoms with Gasteiger partial charge in [0.15, 0.2) is 5.96 Å². The molecule has 0 aliphatic heterocycles. The fourth-order valence-corrected chi connectivity index (χ4v) is 2.76. The Morgan fingerprint density at radius 2 is 1.90 bits per heavy atom. The molecule has 0 unspecified atom stereocenters. The van der Waals surface area contributed by atoms with Gasteiger partial charge in [-0.25, -0.2) is 0 Å². The molecular weight excluding hydrogens is 479 g/mol. The van der Waals surface area contributed by atoms with Crippen molar-refractivity contribution in [1.82, 2.24) is 15.5 Å². The van der Waals surface area contributed by atoms with E-state index in [0.717, 1.165) is 36.8 Å². The number of aliphatic imine (C=N–C) groups is 1. The number of halogens is 1. The molecule has 0 aliphatic rings. The third-order valence-electron chi connectivity index (χ3n) is 4.40. The number of nitrogens with zero attached hydrogens (tertiary/aromatic N) is 2. The Bertz CT molecular complexity index is 794. The number of ether oxygens (including phenoxy) is 1. The van der Waals surface area contributed by atoms with E-state index in [1.807, 2.05) is 60.5 Å². The molecule has 2 N–H and O–H groups in total. The van der Waals surface area contributed by atoms with Gasteiger partial charge in [0.1, 0.15) is 12.4 Å². The predicted octanol–water partition coefficient (Wildman–Crippen LogP) is 3.10. The number of hydrogen-bond donors (Lipinski definition) is 2. The van der Waals surface area contributed by atoms with Gasteiger partial charge < -0.3 is 20.3 Å². The highest BCUT2D eigenvalue weighted by molar-refractivity contribution is 14.0. The zero-order valence-electron chi connectivity index (χ0n) is 17.6. The van der Waals surface area contributed by atoms with Crippen LogP contribution in [-0.2, 0) is 6.42 Å². The molecule has 1 amide bonds. The van der Waals surface area contributed by atoms with E-state index in [1.165, 1.54) is 5.56 Å². The van der Waals surface area contributed by atoms with Crippen LogP contribution in [0.2, 0.25) is 0 Å². The number of amides is 1. The summed E-state index contributed by atoms with van der Waals surface area (Å²) >= 11 is 0. The monoisotopic (exact) mass is 510 g/mol. The number of aryl methyl sites for hydroxylation is 1. The van der Waals surface area contributed by atoms with Crippen LogP contribution in [0, 0.1) is 6.92 Å². The van der Waals surface area contributed by atoms with Crippen molar-refractivity contribution in [3.05, 3.63) is 65.2 Å². The molecular formula is C22H31IN4O2. The number of likely N-dealkylation sites (N-methyl/N-ethyl adjacent to an activating group) is 1. The molecule has 0 aliphatic carbocycles. The summed E-state index contributed by atoms with van der Waals surface area (Å²) in [5, 5.41) is 6.01. The minimum atomic E-state index is -0.0704. The smallest absolute Gasteiger partial charge is 0.251 e. The minimum absolute atomic E-state index is 0. The third kappa shape index (κ3) is 8.31. The SMILES string of the molecule is CN=C(NCCc1cccc(C(=O)NC)c1)N(C)CCOc1ccc(C)cc1.I. The summed E-state index contributed by atoms with van der Waals surface area (Å²) in [6, 6.07) is 15.7. The van der Waals surface area contributed by atoms with Crippen molar-refractivity contribution in [3.63, 3.8) is 0 Å². The Morgan fingerprint density at radius 3 is 2.55 bits per heavy atom. The van der Waals surface area contributed by atoms with Crippen LogP contribution in [0.1, 0.15) is 21.5 Å². The van der Waals surface area contributed by atoms with Gasteiger partial charge >= 0.3 is 0 Å². The van der Waals surface area contributed by atoms with Crippen LogP contribution in [0.4, 0.5) is 0 Å². The third-order valence-corrected chi connectivity index (χ3v) is 4.40. The zero-order chi connectivity index (χ0) is 20.4. The second kappa shape index (κ2) is 13.0. The maximum Gasteiger partial charge on any atom is 0.251 e. The quantitative estimate of drug-likeness (QED) is 0.326. The highest BCUT2D eigenvalue weighted by Gasteiger charge is 2.07. The highest BCUT2D eigenvalue weighted by atomic mass is 127. The summed E-state index contributed by atoms with van der Waals surface area (Å²) in [5.41, 5.74) is 3.00. The summed E-state index contributed by atoms with van der Waals surface area (Å²) in [7, 11) is 5.39. The second-order valence-corrected chi connectivity index (χ2v) is 6.59. The van der Waals surface area contributed by atoms with Crippen LogP contribution < -0.4 is 15.4 Å². The molecule has 0 heterocycles. The number of hydrogen-bond acceptors (Lipinski definition) is 3. The van der Waals surface area contributed by atoms with Gasteiger partial charge in [-0.3, -0.25) is 9.79 Å². The van der Waals surface area contributed by atoms with Crippen molar-refractivity contribution >= 4 is 35.8 Å². The Labute approximate surface area is 190 Å². The lowest BCUT2D eigenvalue weighted by Crippen LogP contribution is -2.41. The van der Waals surface area contributed by atoms with Crippen molar-refractivity contribution in [2.24, 2.45) is 4.99 Å². The van der Waals surface area contributed by atoms with Crippen molar-refractivity contribution in [1.29, 1.82) is 0 Å². The molecule has 0 saturated carbocycles. The number of carbonyl (C=O) groups is 1. The van der Waals surface area contributed by atoms with Gasteiger partial charge in [-0.15, -0.1) is 24.0 Å². The number of guanidine groups is 1. The molecule has 2 aromatic rings. The summed E-state index contributed by atoms with van der Waals surface area (Å²) in [6.07, 6.45) is 0.803. The van der Waals surface area contributed by atoms with Gasteiger partial charge in [0.25, 0.3) is 5.91 Å². The molecule has 7 heteroatoms. The van der Waals surface area contributed by atoms with Gasteiger partial charge in [0.05, 0.1) is 6.54 Å². The first-order chi connectivity index (χ1) is 13.5. The van der Waals surface area contributed by atoms with Gasteiger partial charge in [0, 0.05) is 33.3 Å². The minimum Gasteiger partial charge on any atom is -0.492 e. The fraction of sp³-hybridized carbons (Fsp3) is 0.364. The van der Waals surface area contributed by atoms with E-state index in [4.69, 9.17) is 4.74 Å². The van der Waals surface area contributed by atoms with E-state index in [2.05, 4.69) is 22.5 Å². The number of nitrogens with one attached hydrogen (secondary N) is 2. The Hall–Kier alpha value is -2.29. The molecule has 2 aromatic carbocycles. The molecule has 0 aromatic heterocycles. The van der Waals surface area contributed by atoms with Gasteiger partial charge in [-0.05, 0) is 43.2 Å². The van der Waals surface area contributed by atoms with E-state index >= 15 is 0 Å². The number of rotatable bonds is 8. The summed E-state index contributed by atoms with van der Waals surface area (Å²) in [5.74, 6) is 1.62. The van der Waals surface area contributed by atoms with Crippen LogP contribution in [0.3, 0.4) is 0 Å². The standard InChI is InChI=1S/C22H30N4O2.HI/c1-17-8-10-20(11-9-17)28-15-14-26(4)22(24-3)25-13-12-18-6-5-7-19(16-18)21(27)23-2;/h5-11,16H,12-15H2,1-4H3,(H,23,27)(H,24,25);1H. The Balaban J connectivity index is 0.00000420. The molecule has 158 valence electrons. The molecule has 0 spiro atoms. The van der Waals surface area contributed by atoms with E-state index in [0.29, 0.717) is 12.2 Å². The zero-order valence-corrected chi connectivity index (χ0v) is 19.9. The lowest BCUT2D eigenvalue weighted by molar-refractivity contribution is 0.0963. The highest BCUT2D eigenvalue weighted by Crippen LogP contribution is 2.11. The Morgan fingerprint density at radius 1 is 1.17 bits per heavy atom. The number of carbonyl (C=O) groups excluding carboxylic acids is 1. The molecule has 0 atom stereocenters. The van der Waals surface area contributed by atoms with Crippen LogP contribution in [0.5, 0.6) is 5.75 Å². The predicted molar refractivity (Wildman–Crippen MR) is 130 cm³/mol. The molecule has 6 nitrogen and oxygen atoms in total. The summed E-state index contributed by atoms with van der Waals surface area (Å²) < 4.78 is 5.78. The maximum atomic E-state index is 11.7. The van der Waals surface area contributed by atoms with Crippen molar-refractivity contribution in [3.8, 4) is 5.75 Å². The van der Waals surface area contributed by atoms with Crippen LogP contribution in [0.15, 0.2) is 53.5 Å². The summed E-state index contributed by atoms with van der Waals surface area (Å²) in [4.78, 5) is 18.1. The first-order valence-electron chi connectivity index (χ1n) is 9.45. The van der Waals surface area contributed by atoms with Gasteiger partial charge in [0.2, 0.25) is 0 Å². The van der Waals surface area contributed by atoms with Crippen molar-refractivity contribution in [2.45, 2.75) is 13.3 Å². The van der Waals surface area contributed by atoms with Crippen LogP contribution in [0.25, 0.3) is 0 Å². The summed E-state index contributed by atoms with van der Waals surface area (Å²) in [6.45, 7) is 4.09. The van der Waals surface area contributed by atoms with E-state index in [-0.39, 0.29) is 29.9 Å². The molecule has 29 heavy (non-hydrogen) atoms. The first kappa shape index (κ1) is 24.7. The molecule has 0 bridgehead atoms. The van der Waals surface area contributed by atoms with Gasteiger partial charge in [-0.2, -0.15) is 0 Å². The molecule has 2 rings (SSSR count). The lowest BCUT2D eigenvalue weighted by atomic mass is 10.1. The van der Waals surface area contributed by atoms with Crippen molar-refractivity contribution in [2.75, 3.05) is 40.8 Å². The molecule has 0 saturated heterocycles. The second-order valence-electron chi connectivity index (χ2n) is 6.59. The van der Waals surface area contributed by atoms with Crippen LogP contribution in [-0.4, -0.2) is 57.6 Å². The topological polar surface area (TPSA) is 66.0 Å². The normalized spacial score (nSPS) is 10.7. The first-order valence-corrected chi connectivity index (χ1v) is 9.45. The average Bonchev–Trinajstić information content (AvgIpc) is 2.72. The van der Waals surface area contributed by atoms with Gasteiger partial charge in [-0.1, -0.05) is 29.8 Å². The Kier molecular flexibility index (Phi) is 11.1. The van der Waals surface area contributed by atoms with E-state index in [9.17, 15) is 4.79 Å². The maximum absolute atomic E-state index is 11.7. The largest absolute Gasteiger partial charge is 0.492 e. The average molecular weight is 510 g/mol. The lowest BCUT2D eigenvalue weighted by Gasteiger charge is -2.22. The van der Waals surface area contributed by atoms with E-state index in [1.54, 1.807) is 14.1 Å². The van der Waals surface area contributed by atoms with Crippen LogP contribution >= 0.6 is 24.0 Å². The molecule has 0 radical (unpaired) electrons. The van der Waals surface area contributed by atoms with Crippen molar-refractivity contribution < 1.29 is 9.53 Å². The van der Waals surface area contributed by atoms with E-state index < -0.39 is 0 Å². The fourth-order valence-electron chi connectivity index (χ4n) is 2.76.